The quantitative estimate of drug-likeness (QED) is 0.454. The second kappa shape index (κ2) is 6.70. The highest BCUT2D eigenvalue weighted by atomic mass is 16.5. The highest BCUT2D eigenvalue weighted by molar-refractivity contribution is 5.91. The number of hydrogen-bond acceptors (Lipinski definition) is 2. The zero-order valence-electron chi connectivity index (χ0n) is 17.6. The Labute approximate surface area is 178 Å². The molecule has 0 saturated heterocycles. The van der Waals surface area contributed by atoms with Crippen LogP contribution in [0.15, 0.2) is 54.6 Å². The molecule has 30 heavy (non-hydrogen) atoms. The van der Waals surface area contributed by atoms with E-state index in [1.54, 1.807) is 0 Å². The maximum absolute atomic E-state index is 11.1. The van der Waals surface area contributed by atoms with Crippen molar-refractivity contribution >= 4 is 17.1 Å². The maximum Gasteiger partial charge on any atom is 0.150 e. The highest BCUT2D eigenvalue weighted by Gasteiger charge is 2.52. The lowest BCUT2D eigenvalue weighted by atomic mass is 9.48. The van der Waals surface area contributed by atoms with Crippen LogP contribution in [0.25, 0.3) is 21.9 Å². The molecule has 0 heterocycles. The van der Waals surface area contributed by atoms with E-state index in [1.807, 2.05) is 25.3 Å². The number of rotatable bonds is 4. The number of hydrogen-bond donors (Lipinski definition) is 0. The molecule has 0 aliphatic heterocycles. The lowest BCUT2D eigenvalue weighted by Crippen LogP contribution is -2.48. The van der Waals surface area contributed by atoms with E-state index >= 15 is 0 Å². The third kappa shape index (κ3) is 2.80. The van der Waals surface area contributed by atoms with Gasteiger partial charge in [-0.3, -0.25) is 4.79 Å². The first-order valence-electron chi connectivity index (χ1n) is 11.3. The average Bonchev–Trinajstić information content (AvgIpc) is 2.77. The summed E-state index contributed by atoms with van der Waals surface area (Å²) in [5.41, 5.74) is 4.98. The molecule has 152 valence electrons. The number of fused-ring (bicyclic) bond motifs is 1. The molecule has 4 saturated carbocycles. The zero-order valence-corrected chi connectivity index (χ0v) is 17.6. The molecule has 3 aromatic rings. The van der Waals surface area contributed by atoms with E-state index in [0.29, 0.717) is 5.41 Å². The number of carbonyl (C=O) groups excluding carboxylic acids is 1. The van der Waals surface area contributed by atoms with Crippen LogP contribution in [0.5, 0.6) is 5.75 Å². The van der Waals surface area contributed by atoms with Gasteiger partial charge in [-0.15, -0.1) is 0 Å². The predicted molar refractivity (Wildman–Crippen MR) is 121 cm³/mol. The Morgan fingerprint density at radius 3 is 2.07 bits per heavy atom. The normalized spacial score (nSPS) is 29.3. The number of aldehydes is 1. The van der Waals surface area contributed by atoms with Gasteiger partial charge in [-0.25, -0.2) is 0 Å². The summed E-state index contributed by atoms with van der Waals surface area (Å²) in [5.74, 6) is 3.81. The van der Waals surface area contributed by atoms with Gasteiger partial charge in [0.1, 0.15) is 12.0 Å². The molecule has 4 bridgehead atoms. The van der Waals surface area contributed by atoms with Gasteiger partial charge >= 0.3 is 0 Å². The number of methoxy groups -OCH3 is 1. The summed E-state index contributed by atoms with van der Waals surface area (Å²) in [5, 5.41) is 2.28. The van der Waals surface area contributed by atoms with Gasteiger partial charge in [0.05, 0.1) is 7.11 Å². The van der Waals surface area contributed by atoms with E-state index in [0.717, 1.165) is 40.7 Å². The van der Waals surface area contributed by atoms with Crippen LogP contribution in [0.1, 0.15) is 54.4 Å². The highest BCUT2D eigenvalue weighted by Crippen LogP contribution is 2.62. The third-order valence-corrected chi connectivity index (χ3v) is 8.14. The van der Waals surface area contributed by atoms with Crippen LogP contribution in [-0.4, -0.2) is 13.4 Å². The van der Waals surface area contributed by atoms with Gasteiger partial charge in [-0.1, -0.05) is 30.3 Å². The lowest BCUT2D eigenvalue weighted by Gasteiger charge is -2.57. The van der Waals surface area contributed by atoms with Gasteiger partial charge in [0.15, 0.2) is 0 Å². The molecular weight excluding hydrogens is 368 g/mol. The fraction of sp³-hybridized carbons (Fsp3) is 0.393. The Morgan fingerprint density at radius 1 is 0.800 bits per heavy atom. The van der Waals surface area contributed by atoms with E-state index < -0.39 is 0 Å². The molecule has 7 rings (SSSR count). The lowest BCUT2D eigenvalue weighted by molar-refractivity contribution is -0.00613. The van der Waals surface area contributed by atoms with Gasteiger partial charge in [0.2, 0.25) is 0 Å². The Morgan fingerprint density at radius 2 is 1.40 bits per heavy atom. The molecule has 4 aliphatic carbocycles. The molecule has 0 atom stereocenters. The minimum atomic E-state index is 0.311. The van der Waals surface area contributed by atoms with Crippen LogP contribution in [0.2, 0.25) is 0 Å². The van der Waals surface area contributed by atoms with Crippen molar-refractivity contribution in [1.82, 2.24) is 0 Å². The van der Waals surface area contributed by atoms with Crippen LogP contribution in [0, 0.1) is 17.8 Å². The Hall–Kier alpha value is -2.61. The molecule has 0 aromatic heterocycles. The smallest absolute Gasteiger partial charge is 0.150 e. The zero-order chi connectivity index (χ0) is 20.3. The van der Waals surface area contributed by atoms with Gasteiger partial charge in [-0.05, 0) is 108 Å². The van der Waals surface area contributed by atoms with Crippen molar-refractivity contribution in [3.63, 3.8) is 0 Å². The maximum atomic E-state index is 11.1. The van der Waals surface area contributed by atoms with E-state index in [1.165, 1.54) is 60.6 Å². The monoisotopic (exact) mass is 396 g/mol. The summed E-state index contributed by atoms with van der Waals surface area (Å²) in [6, 6.07) is 19.3. The first kappa shape index (κ1) is 18.2. The molecule has 0 spiro atoms. The van der Waals surface area contributed by atoms with Gasteiger partial charge in [-0.2, -0.15) is 0 Å². The molecule has 2 nitrogen and oxygen atoms in total. The van der Waals surface area contributed by atoms with Crippen LogP contribution in [-0.2, 0) is 5.41 Å². The van der Waals surface area contributed by atoms with Gasteiger partial charge in [0, 0.05) is 11.1 Å². The number of carbonyl (C=O) groups is 1. The van der Waals surface area contributed by atoms with Crippen molar-refractivity contribution in [2.24, 2.45) is 17.8 Å². The minimum absolute atomic E-state index is 0.311. The van der Waals surface area contributed by atoms with Crippen molar-refractivity contribution in [2.45, 2.75) is 43.9 Å². The number of benzene rings is 3. The van der Waals surface area contributed by atoms with E-state index in [2.05, 4.69) is 36.4 Å². The van der Waals surface area contributed by atoms with Crippen molar-refractivity contribution in [1.29, 1.82) is 0 Å². The molecule has 4 fully saturated rings. The van der Waals surface area contributed by atoms with Crippen LogP contribution < -0.4 is 4.74 Å². The first-order valence-corrected chi connectivity index (χ1v) is 11.3. The Kier molecular flexibility index (Phi) is 4.06. The molecule has 0 amide bonds. The molecule has 2 heteroatoms. The van der Waals surface area contributed by atoms with Crippen LogP contribution >= 0.6 is 0 Å². The van der Waals surface area contributed by atoms with Crippen LogP contribution in [0.3, 0.4) is 0 Å². The van der Waals surface area contributed by atoms with Crippen LogP contribution in [0.4, 0.5) is 0 Å². The minimum Gasteiger partial charge on any atom is -0.496 e. The summed E-state index contributed by atoms with van der Waals surface area (Å²) < 4.78 is 5.89. The molecule has 0 N–H and O–H groups in total. The van der Waals surface area contributed by atoms with E-state index in [-0.39, 0.29) is 0 Å². The third-order valence-electron chi connectivity index (χ3n) is 8.14. The largest absolute Gasteiger partial charge is 0.496 e. The number of ether oxygens (including phenoxy) is 1. The van der Waals surface area contributed by atoms with Gasteiger partial charge < -0.3 is 4.74 Å². The second-order valence-corrected chi connectivity index (χ2v) is 10.1. The molecule has 4 aliphatic rings. The first-order chi connectivity index (χ1) is 14.7. The average molecular weight is 397 g/mol. The summed E-state index contributed by atoms with van der Waals surface area (Å²) in [4.78, 5) is 11.1. The SMILES string of the molecule is COc1ccc(-c2ccc3cc(C=O)ccc3c2)cc1C12CC3CC(CC(C3)C1)C2. The Bertz CT molecular complexity index is 1110. The molecule has 0 radical (unpaired) electrons. The van der Waals surface area contributed by atoms with Gasteiger partial charge in [0.25, 0.3) is 0 Å². The van der Waals surface area contributed by atoms with E-state index in [4.69, 9.17) is 4.74 Å². The van der Waals surface area contributed by atoms with Crippen molar-refractivity contribution in [3.8, 4) is 16.9 Å². The van der Waals surface area contributed by atoms with Crippen molar-refractivity contribution in [3.05, 3.63) is 65.7 Å². The summed E-state index contributed by atoms with van der Waals surface area (Å²) in [6.07, 6.45) is 9.29. The second-order valence-electron chi connectivity index (χ2n) is 10.1. The fourth-order valence-corrected chi connectivity index (χ4v) is 7.26. The fourth-order valence-electron chi connectivity index (χ4n) is 7.26. The van der Waals surface area contributed by atoms with Crippen molar-refractivity contribution < 1.29 is 9.53 Å². The molecule has 0 unspecified atom stereocenters. The van der Waals surface area contributed by atoms with Crippen molar-refractivity contribution in [2.75, 3.05) is 7.11 Å². The topological polar surface area (TPSA) is 26.3 Å². The summed E-state index contributed by atoms with van der Waals surface area (Å²) in [6.45, 7) is 0. The molecular formula is C28H28O2. The summed E-state index contributed by atoms with van der Waals surface area (Å²) in [7, 11) is 1.82. The standard InChI is InChI=1S/C28H28O2/c1-30-27-7-6-25(24-5-4-22-11-18(17-29)2-3-23(22)12-24)13-26(27)28-14-19-8-20(15-28)10-21(9-19)16-28/h2-7,11-13,17,19-21H,8-10,14-16H2,1H3. The molecule has 3 aromatic carbocycles. The predicted octanol–water partition coefficient (Wildman–Crippen LogP) is 6.80. The van der Waals surface area contributed by atoms with E-state index in [9.17, 15) is 4.79 Å². The summed E-state index contributed by atoms with van der Waals surface area (Å²) >= 11 is 0. The Balaban J connectivity index is 1.44.